The lowest BCUT2D eigenvalue weighted by molar-refractivity contribution is 0.141. The molecule has 0 atom stereocenters. The summed E-state index contributed by atoms with van der Waals surface area (Å²) in [5, 5.41) is 0. The Balaban J connectivity index is 1.30. The van der Waals surface area contributed by atoms with E-state index >= 15 is 0 Å². The number of hydrogen-bond donors (Lipinski definition) is 0. The molecule has 0 bridgehead atoms. The zero-order valence-electron chi connectivity index (χ0n) is 16.1. The van der Waals surface area contributed by atoms with E-state index < -0.39 is 0 Å². The van der Waals surface area contributed by atoms with Gasteiger partial charge in [-0.05, 0) is 61.4 Å². The Kier molecular flexibility index (Phi) is 5.63. The number of anilines is 1. The van der Waals surface area contributed by atoms with Gasteiger partial charge in [0, 0.05) is 32.2 Å². The van der Waals surface area contributed by atoms with E-state index in [1.54, 1.807) is 19.2 Å². The average molecular weight is 368 g/mol. The van der Waals surface area contributed by atoms with Crippen LogP contribution in [0.25, 0.3) is 0 Å². The van der Waals surface area contributed by atoms with Crippen molar-refractivity contribution in [2.45, 2.75) is 37.6 Å². The Morgan fingerprint density at radius 1 is 0.889 bits per heavy atom. The second-order valence-corrected chi connectivity index (χ2v) is 7.76. The number of benzene rings is 2. The lowest BCUT2D eigenvalue weighted by Crippen LogP contribution is -2.51. The SMILES string of the molecule is COc1cccc(C2CCC(N3CCN(c4ccccc4F)CC3)CC2)c1. The van der Waals surface area contributed by atoms with Crippen molar-refractivity contribution in [2.24, 2.45) is 0 Å². The van der Waals surface area contributed by atoms with Crippen LogP contribution in [0.4, 0.5) is 10.1 Å². The Morgan fingerprint density at radius 2 is 1.63 bits per heavy atom. The zero-order chi connectivity index (χ0) is 18.6. The molecule has 2 aromatic carbocycles. The number of hydrogen-bond acceptors (Lipinski definition) is 3. The summed E-state index contributed by atoms with van der Waals surface area (Å²) in [5.41, 5.74) is 2.16. The van der Waals surface area contributed by atoms with E-state index in [0.717, 1.165) is 37.6 Å². The molecule has 0 radical (unpaired) electrons. The summed E-state index contributed by atoms with van der Waals surface area (Å²) in [6, 6.07) is 16.4. The smallest absolute Gasteiger partial charge is 0.146 e. The van der Waals surface area contributed by atoms with Crippen LogP contribution >= 0.6 is 0 Å². The lowest BCUT2D eigenvalue weighted by Gasteiger charge is -2.42. The summed E-state index contributed by atoms with van der Waals surface area (Å²) < 4.78 is 19.4. The average Bonchev–Trinajstić information content (AvgIpc) is 2.74. The van der Waals surface area contributed by atoms with Crippen molar-refractivity contribution in [1.82, 2.24) is 4.90 Å². The summed E-state index contributed by atoms with van der Waals surface area (Å²) in [6.07, 6.45) is 4.99. The van der Waals surface area contributed by atoms with Gasteiger partial charge in [0.15, 0.2) is 0 Å². The third-order valence-electron chi connectivity index (χ3n) is 6.29. The highest BCUT2D eigenvalue weighted by molar-refractivity contribution is 5.48. The summed E-state index contributed by atoms with van der Waals surface area (Å²) in [5.74, 6) is 1.50. The Bertz CT molecular complexity index is 750. The molecular weight excluding hydrogens is 339 g/mol. The highest BCUT2D eigenvalue weighted by atomic mass is 19.1. The summed E-state index contributed by atoms with van der Waals surface area (Å²) in [7, 11) is 1.73. The number of nitrogens with zero attached hydrogens (tertiary/aromatic N) is 2. The molecule has 1 heterocycles. The largest absolute Gasteiger partial charge is 0.497 e. The topological polar surface area (TPSA) is 15.7 Å². The minimum atomic E-state index is -0.107. The molecule has 3 nitrogen and oxygen atoms in total. The van der Waals surface area contributed by atoms with Crippen molar-refractivity contribution in [2.75, 3.05) is 38.2 Å². The van der Waals surface area contributed by atoms with E-state index in [1.807, 2.05) is 18.2 Å². The molecule has 1 saturated carbocycles. The van der Waals surface area contributed by atoms with Crippen molar-refractivity contribution in [3.05, 3.63) is 59.9 Å². The first kappa shape index (κ1) is 18.3. The molecule has 27 heavy (non-hydrogen) atoms. The van der Waals surface area contributed by atoms with E-state index in [2.05, 4.69) is 28.0 Å². The lowest BCUT2D eigenvalue weighted by atomic mass is 9.81. The maximum Gasteiger partial charge on any atom is 0.146 e. The van der Waals surface area contributed by atoms with Crippen molar-refractivity contribution in [3.63, 3.8) is 0 Å². The number of para-hydroxylation sites is 1. The van der Waals surface area contributed by atoms with Crippen LogP contribution in [0.2, 0.25) is 0 Å². The van der Waals surface area contributed by atoms with Crippen LogP contribution in [-0.4, -0.2) is 44.2 Å². The predicted molar refractivity (Wildman–Crippen MR) is 108 cm³/mol. The van der Waals surface area contributed by atoms with Crippen LogP contribution < -0.4 is 9.64 Å². The third-order valence-corrected chi connectivity index (χ3v) is 6.29. The highest BCUT2D eigenvalue weighted by Gasteiger charge is 2.29. The monoisotopic (exact) mass is 368 g/mol. The minimum Gasteiger partial charge on any atom is -0.497 e. The maximum atomic E-state index is 14.0. The molecule has 2 aromatic rings. The van der Waals surface area contributed by atoms with Crippen molar-refractivity contribution < 1.29 is 9.13 Å². The van der Waals surface area contributed by atoms with Gasteiger partial charge in [0.2, 0.25) is 0 Å². The molecule has 1 saturated heterocycles. The van der Waals surface area contributed by atoms with Gasteiger partial charge in [0.1, 0.15) is 11.6 Å². The first-order chi connectivity index (χ1) is 13.2. The fraction of sp³-hybridized carbons (Fsp3) is 0.478. The molecular formula is C23H29FN2O. The standard InChI is InChI=1S/C23H29FN2O/c1-27-21-6-4-5-19(17-21)18-9-11-20(12-10-18)25-13-15-26(16-14-25)23-8-3-2-7-22(23)24/h2-8,17-18,20H,9-16H2,1H3. The molecule has 1 aliphatic heterocycles. The fourth-order valence-electron chi connectivity index (χ4n) is 4.71. The van der Waals surface area contributed by atoms with E-state index in [9.17, 15) is 4.39 Å². The van der Waals surface area contributed by atoms with Crippen LogP contribution in [0.15, 0.2) is 48.5 Å². The number of piperazine rings is 1. The molecule has 0 unspecified atom stereocenters. The van der Waals surface area contributed by atoms with Gasteiger partial charge in [-0.15, -0.1) is 0 Å². The van der Waals surface area contributed by atoms with Crippen LogP contribution in [-0.2, 0) is 0 Å². The molecule has 144 valence electrons. The molecule has 0 aromatic heterocycles. The second kappa shape index (κ2) is 8.30. The number of methoxy groups -OCH3 is 1. The highest BCUT2D eigenvalue weighted by Crippen LogP contribution is 2.36. The van der Waals surface area contributed by atoms with Gasteiger partial charge in [0.05, 0.1) is 12.8 Å². The second-order valence-electron chi connectivity index (χ2n) is 7.76. The van der Waals surface area contributed by atoms with Gasteiger partial charge in [-0.25, -0.2) is 4.39 Å². The van der Waals surface area contributed by atoms with E-state index in [1.165, 1.54) is 31.2 Å². The summed E-state index contributed by atoms with van der Waals surface area (Å²) in [6.45, 7) is 3.89. The maximum absolute atomic E-state index is 14.0. The first-order valence-electron chi connectivity index (χ1n) is 10.1. The van der Waals surface area contributed by atoms with Gasteiger partial charge in [-0.1, -0.05) is 24.3 Å². The van der Waals surface area contributed by atoms with Crippen LogP contribution in [0.3, 0.4) is 0 Å². The summed E-state index contributed by atoms with van der Waals surface area (Å²) in [4.78, 5) is 4.81. The van der Waals surface area contributed by atoms with Crippen molar-refractivity contribution in [1.29, 1.82) is 0 Å². The number of rotatable bonds is 4. The molecule has 4 heteroatoms. The molecule has 4 rings (SSSR count). The zero-order valence-corrected chi connectivity index (χ0v) is 16.1. The molecule has 2 fully saturated rings. The molecule has 1 aliphatic carbocycles. The Labute approximate surface area is 161 Å². The fourth-order valence-corrected chi connectivity index (χ4v) is 4.71. The van der Waals surface area contributed by atoms with Gasteiger partial charge in [-0.2, -0.15) is 0 Å². The Hall–Kier alpha value is -2.07. The predicted octanol–water partition coefficient (Wildman–Crippen LogP) is 4.68. The first-order valence-corrected chi connectivity index (χ1v) is 10.1. The van der Waals surface area contributed by atoms with E-state index in [4.69, 9.17) is 4.74 Å². The molecule has 2 aliphatic rings. The van der Waals surface area contributed by atoms with Gasteiger partial charge >= 0.3 is 0 Å². The number of ether oxygens (including phenoxy) is 1. The number of halogens is 1. The van der Waals surface area contributed by atoms with Gasteiger partial charge in [0.25, 0.3) is 0 Å². The van der Waals surface area contributed by atoms with Crippen LogP contribution in [0.5, 0.6) is 5.75 Å². The van der Waals surface area contributed by atoms with E-state index in [-0.39, 0.29) is 5.82 Å². The molecule has 0 spiro atoms. The van der Waals surface area contributed by atoms with Crippen molar-refractivity contribution >= 4 is 5.69 Å². The van der Waals surface area contributed by atoms with Gasteiger partial charge < -0.3 is 9.64 Å². The quantitative estimate of drug-likeness (QED) is 0.779. The summed E-state index contributed by atoms with van der Waals surface area (Å²) >= 11 is 0. The minimum absolute atomic E-state index is 0.107. The van der Waals surface area contributed by atoms with Gasteiger partial charge in [-0.3, -0.25) is 4.90 Å². The normalized spacial score (nSPS) is 24.0. The van der Waals surface area contributed by atoms with E-state index in [0.29, 0.717) is 12.0 Å². The van der Waals surface area contributed by atoms with Crippen molar-refractivity contribution in [3.8, 4) is 5.75 Å². The Morgan fingerprint density at radius 3 is 2.33 bits per heavy atom. The van der Waals surface area contributed by atoms with Crippen LogP contribution in [0.1, 0.15) is 37.2 Å². The molecule has 0 amide bonds. The third kappa shape index (κ3) is 4.11. The molecule has 0 N–H and O–H groups in total. The van der Waals surface area contributed by atoms with Crippen LogP contribution in [0, 0.1) is 5.82 Å².